The highest BCUT2D eigenvalue weighted by molar-refractivity contribution is 6.37. The van der Waals surface area contributed by atoms with Crippen molar-refractivity contribution in [3.05, 3.63) is 69.8 Å². The molecule has 0 amide bonds. The van der Waals surface area contributed by atoms with Crippen LogP contribution >= 0.6 is 23.2 Å². The molecule has 0 aliphatic heterocycles. The number of hydrogen-bond donors (Lipinski definition) is 1. The lowest BCUT2D eigenvalue weighted by molar-refractivity contribution is 0.0512. The predicted octanol–water partition coefficient (Wildman–Crippen LogP) is 4.03. The maximum atomic E-state index is 12.3. The molecule has 1 aromatic heterocycles. The van der Waals surface area contributed by atoms with Crippen LogP contribution in [-0.4, -0.2) is 23.9 Å². The van der Waals surface area contributed by atoms with Crippen molar-refractivity contribution in [3.63, 3.8) is 0 Å². The van der Waals surface area contributed by atoms with Crippen LogP contribution in [0.2, 0.25) is 10.0 Å². The van der Waals surface area contributed by atoms with Crippen LogP contribution in [0.1, 0.15) is 15.9 Å². The molecule has 0 unspecified atom stereocenters. The van der Waals surface area contributed by atoms with E-state index < -0.39 is 5.97 Å². The second-order valence-corrected chi connectivity index (χ2v) is 6.02. The molecule has 0 saturated carbocycles. The molecule has 8 heteroatoms. The fraction of sp³-hybridized carbons (Fsp3) is 0.0556. The third-order valence-electron chi connectivity index (χ3n) is 3.59. The fourth-order valence-corrected chi connectivity index (χ4v) is 2.81. The average Bonchev–Trinajstić information content (AvgIpc) is 2.66. The number of benzene rings is 2. The predicted molar refractivity (Wildman–Crippen MR) is 101 cm³/mol. The number of carbonyl (C=O) groups excluding carboxylic acids is 1. The van der Waals surface area contributed by atoms with Crippen LogP contribution < -0.4 is 10.5 Å². The molecule has 26 heavy (non-hydrogen) atoms. The van der Waals surface area contributed by atoms with Crippen molar-refractivity contribution in [1.82, 2.24) is 4.98 Å². The van der Waals surface area contributed by atoms with E-state index in [-0.39, 0.29) is 27.2 Å². The van der Waals surface area contributed by atoms with Crippen LogP contribution in [0.15, 0.2) is 53.8 Å². The molecule has 3 rings (SSSR count). The zero-order valence-corrected chi connectivity index (χ0v) is 15.1. The number of ether oxygens (including phenoxy) is 1. The first-order valence-corrected chi connectivity index (χ1v) is 8.19. The number of aromatic nitrogens is 1. The fourth-order valence-electron chi connectivity index (χ4n) is 2.35. The Morgan fingerprint density at radius 1 is 1.15 bits per heavy atom. The second-order valence-electron chi connectivity index (χ2n) is 5.20. The Hall–Kier alpha value is -2.83. The molecule has 0 aliphatic rings. The lowest BCUT2D eigenvalue weighted by Crippen LogP contribution is -2.15. The number of oxime groups is 1. The number of carbonyl (C=O) groups is 1. The van der Waals surface area contributed by atoms with Crippen molar-refractivity contribution in [2.75, 3.05) is 7.11 Å². The third kappa shape index (κ3) is 3.56. The quantitative estimate of drug-likeness (QED) is 0.315. The Morgan fingerprint density at radius 3 is 2.69 bits per heavy atom. The Kier molecular flexibility index (Phi) is 5.25. The number of hydrogen-bond acceptors (Lipinski definition) is 5. The van der Waals surface area contributed by atoms with E-state index >= 15 is 0 Å². The topological polar surface area (TPSA) is 86.8 Å². The van der Waals surface area contributed by atoms with Crippen LogP contribution in [0.4, 0.5) is 0 Å². The van der Waals surface area contributed by atoms with Crippen molar-refractivity contribution in [2.24, 2.45) is 10.9 Å². The van der Waals surface area contributed by atoms with E-state index in [4.69, 9.17) is 38.5 Å². The molecule has 0 spiro atoms. The molecule has 0 fully saturated rings. The van der Waals surface area contributed by atoms with Gasteiger partial charge in [0.15, 0.2) is 11.6 Å². The van der Waals surface area contributed by atoms with Crippen LogP contribution in [0.3, 0.4) is 0 Å². The SMILES string of the molecule is COc1c(Cl)ccc(Cl)c1C(=O)O/N=C(\N)c1ccc2ncccc2c1. The highest BCUT2D eigenvalue weighted by Crippen LogP contribution is 2.34. The maximum Gasteiger partial charge on any atom is 0.371 e. The van der Waals surface area contributed by atoms with Crippen LogP contribution in [-0.2, 0) is 4.84 Å². The van der Waals surface area contributed by atoms with Gasteiger partial charge in [-0.25, -0.2) is 4.79 Å². The normalized spacial score (nSPS) is 11.4. The van der Waals surface area contributed by atoms with Gasteiger partial charge in [0.1, 0.15) is 5.56 Å². The van der Waals surface area contributed by atoms with E-state index in [1.165, 1.54) is 19.2 Å². The summed E-state index contributed by atoms with van der Waals surface area (Å²) >= 11 is 12.0. The molecule has 1 heterocycles. The summed E-state index contributed by atoms with van der Waals surface area (Å²) in [4.78, 5) is 21.5. The molecule has 0 atom stereocenters. The van der Waals surface area contributed by atoms with Crippen molar-refractivity contribution >= 4 is 45.9 Å². The van der Waals surface area contributed by atoms with Crippen molar-refractivity contribution in [1.29, 1.82) is 0 Å². The lowest BCUT2D eigenvalue weighted by Gasteiger charge is -2.09. The van der Waals surface area contributed by atoms with Gasteiger partial charge in [-0.1, -0.05) is 34.4 Å². The van der Waals surface area contributed by atoms with Crippen molar-refractivity contribution in [3.8, 4) is 5.75 Å². The summed E-state index contributed by atoms with van der Waals surface area (Å²) in [6.45, 7) is 0. The first kappa shape index (κ1) is 18.0. The van der Waals surface area contributed by atoms with Gasteiger partial charge >= 0.3 is 5.97 Å². The minimum absolute atomic E-state index is 0.0269. The van der Waals surface area contributed by atoms with Gasteiger partial charge < -0.3 is 15.3 Å². The Bertz CT molecular complexity index is 1020. The Balaban J connectivity index is 1.87. The standard InChI is InChI=1S/C18H13Cl2N3O3/c1-25-16-13(20)6-5-12(19)15(16)18(24)26-23-17(21)11-4-7-14-10(9-11)3-2-8-22-14/h2-9H,1H3,(H2,21,23). The number of methoxy groups -OCH3 is 1. The summed E-state index contributed by atoms with van der Waals surface area (Å²) < 4.78 is 5.11. The van der Waals surface area contributed by atoms with Gasteiger partial charge in [-0.15, -0.1) is 0 Å². The number of amidine groups is 1. The number of rotatable bonds is 4. The molecule has 0 saturated heterocycles. The number of nitrogens with zero attached hydrogens (tertiary/aromatic N) is 2. The summed E-state index contributed by atoms with van der Waals surface area (Å²) in [6.07, 6.45) is 1.70. The van der Waals surface area contributed by atoms with Gasteiger partial charge in [0.2, 0.25) is 0 Å². The molecule has 2 aromatic carbocycles. The zero-order chi connectivity index (χ0) is 18.7. The number of halogens is 2. The highest BCUT2D eigenvalue weighted by atomic mass is 35.5. The van der Waals surface area contributed by atoms with Crippen molar-refractivity contribution in [2.45, 2.75) is 0 Å². The largest absolute Gasteiger partial charge is 0.494 e. The van der Waals surface area contributed by atoms with Crippen LogP contribution in [0.25, 0.3) is 10.9 Å². The molecule has 0 radical (unpaired) electrons. The van der Waals surface area contributed by atoms with Gasteiger partial charge in [0, 0.05) is 17.1 Å². The number of fused-ring (bicyclic) bond motifs is 1. The van der Waals surface area contributed by atoms with E-state index in [2.05, 4.69) is 10.1 Å². The third-order valence-corrected chi connectivity index (χ3v) is 4.21. The van der Waals surface area contributed by atoms with E-state index in [1.807, 2.05) is 12.1 Å². The van der Waals surface area contributed by atoms with Gasteiger partial charge in [0.25, 0.3) is 0 Å². The molecular weight excluding hydrogens is 377 g/mol. The van der Waals surface area contributed by atoms with Crippen molar-refractivity contribution < 1.29 is 14.4 Å². The molecular formula is C18H13Cl2N3O3. The number of pyridine rings is 1. The summed E-state index contributed by atoms with van der Waals surface area (Å²) in [5.74, 6) is -0.698. The first-order chi connectivity index (χ1) is 12.5. The smallest absolute Gasteiger partial charge is 0.371 e. The molecule has 3 aromatic rings. The van der Waals surface area contributed by atoms with E-state index in [0.29, 0.717) is 5.56 Å². The zero-order valence-electron chi connectivity index (χ0n) is 13.6. The second kappa shape index (κ2) is 7.59. The lowest BCUT2D eigenvalue weighted by atomic mass is 10.1. The monoisotopic (exact) mass is 389 g/mol. The van der Waals surface area contributed by atoms with Crippen LogP contribution in [0.5, 0.6) is 5.75 Å². The number of nitrogens with two attached hydrogens (primary N) is 1. The first-order valence-electron chi connectivity index (χ1n) is 7.43. The minimum atomic E-state index is -0.834. The van der Waals surface area contributed by atoms with Gasteiger partial charge in [-0.05, 0) is 36.4 Å². The molecule has 0 bridgehead atoms. The minimum Gasteiger partial charge on any atom is -0.494 e. The molecule has 6 nitrogen and oxygen atoms in total. The summed E-state index contributed by atoms with van der Waals surface area (Å²) in [5, 5.41) is 4.93. The maximum absolute atomic E-state index is 12.3. The van der Waals surface area contributed by atoms with Crippen LogP contribution in [0, 0.1) is 0 Å². The average molecular weight is 390 g/mol. The molecule has 0 aliphatic carbocycles. The Labute approximate surface area is 159 Å². The Morgan fingerprint density at radius 2 is 1.92 bits per heavy atom. The van der Waals surface area contributed by atoms with E-state index in [1.54, 1.807) is 24.4 Å². The van der Waals surface area contributed by atoms with Gasteiger partial charge in [-0.3, -0.25) is 4.98 Å². The molecule has 132 valence electrons. The van der Waals surface area contributed by atoms with E-state index in [0.717, 1.165) is 10.9 Å². The van der Waals surface area contributed by atoms with Gasteiger partial charge in [-0.2, -0.15) is 0 Å². The summed E-state index contributed by atoms with van der Waals surface area (Å²) in [5.41, 5.74) is 7.29. The highest BCUT2D eigenvalue weighted by Gasteiger charge is 2.21. The summed E-state index contributed by atoms with van der Waals surface area (Å²) in [6, 6.07) is 12.0. The molecule has 2 N–H and O–H groups in total. The summed E-state index contributed by atoms with van der Waals surface area (Å²) in [7, 11) is 1.37. The van der Waals surface area contributed by atoms with Gasteiger partial charge in [0.05, 0.1) is 22.7 Å². The van der Waals surface area contributed by atoms with E-state index in [9.17, 15) is 4.79 Å².